The van der Waals surface area contributed by atoms with Crippen LogP contribution in [0.5, 0.6) is 0 Å². The number of carbonyl (C=O) groups is 1. The molecule has 1 aromatic carbocycles. The lowest BCUT2D eigenvalue weighted by Gasteiger charge is -2.05. The molecular weight excluding hydrogens is 309 g/mol. The first-order chi connectivity index (χ1) is 9.06. The van der Waals surface area contributed by atoms with Crippen molar-refractivity contribution in [3.05, 3.63) is 34.1 Å². The molecule has 0 saturated carbocycles. The molecule has 0 aliphatic heterocycles. The molecule has 1 aromatic heterocycles. The Kier molecular flexibility index (Phi) is 4.68. The summed E-state index contributed by atoms with van der Waals surface area (Å²) in [7, 11) is 0. The van der Waals surface area contributed by atoms with E-state index in [1.54, 1.807) is 25.1 Å². The van der Waals surface area contributed by atoms with Crippen molar-refractivity contribution in [2.75, 3.05) is 11.1 Å². The first kappa shape index (κ1) is 14.2. The van der Waals surface area contributed by atoms with Crippen molar-refractivity contribution < 1.29 is 9.21 Å². The van der Waals surface area contributed by atoms with Gasteiger partial charge in [-0.05, 0) is 12.1 Å². The number of amides is 1. The average molecular weight is 318 g/mol. The van der Waals surface area contributed by atoms with E-state index in [4.69, 9.17) is 27.6 Å². The SMILES string of the molecule is Cc1nnc(NC(=O)CSc2c(Cl)cccc2Cl)o1. The van der Waals surface area contributed by atoms with Gasteiger partial charge in [-0.3, -0.25) is 10.1 Å². The predicted octanol–water partition coefficient (Wildman–Crippen LogP) is 3.42. The summed E-state index contributed by atoms with van der Waals surface area (Å²) in [5, 5.41) is 10.8. The number of anilines is 1. The van der Waals surface area contributed by atoms with Crippen LogP contribution in [-0.4, -0.2) is 21.9 Å². The molecule has 1 amide bonds. The Labute approximate surface area is 123 Å². The minimum absolute atomic E-state index is 0.0772. The molecule has 0 radical (unpaired) electrons. The molecule has 0 unspecified atom stereocenters. The highest BCUT2D eigenvalue weighted by atomic mass is 35.5. The third kappa shape index (κ3) is 3.86. The summed E-state index contributed by atoms with van der Waals surface area (Å²) in [6.45, 7) is 1.64. The van der Waals surface area contributed by atoms with Crippen molar-refractivity contribution in [1.82, 2.24) is 10.2 Å². The van der Waals surface area contributed by atoms with Crippen LogP contribution < -0.4 is 5.32 Å². The van der Waals surface area contributed by atoms with Crippen molar-refractivity contribution in [2.24, 2.45) is 0 Å². The van der Waals surface area contributed by atoms with Gasteiger partial charge in [-0.25, -0.2) is 0 Å². The normalized spacial score (nSPS) is 10.5. The number of hydrogen-bond donors (Lipinski definition) is 1. The molecule has 2 aromatic rings. The number of nitrogens with zero attached hydrogens (tertiary/aromatic N) is 2. The summed E-state index contributed by atoms with van der Waals surface area (Å²) in [6, 6.07) is 5.26. The molecule has 8 heteroatoms. The van der Waals surface area contributed by atoms with E-state index < -0.39 is 0 Å². The number of halogens is 2. The van der Waals surface area contributed by atoms with Crippen molar-refractivity contribution in [1.29, 1.82) is 0 Å². The molecular formula is C11H9Cl2N3O2S. The van der Waals surface area contributed by atoms with Crippen LogP contribution in [0, 0.1) is 6.92 Å². The van der Waals surface area contributed by atoms with Gasteiger partial charge < -0.3 is 4.42 Å². The number of nitrogens with one attached hydrogen (secondary N) is 1. The van der Waals surface area contributed by atoms with Crippen molar-refractivity contribution >= 4 is 46.9 Å². The minimum atomic E-state index is -0.273. The summed E-state index contributed by atoms with van der Waals surface area (Å²) < 4.78 is 5.04. The predicted molar refractivity (Wildman–Crippen MR) is 74.9 cm³/mol. The lowest BCUT2D eigenvalue weighted by molar-refractivity contribution is -0.113. The maximum absolute atomic E-state index is 11.7. The fourth-order valence-electron chi connectivity index (χ4n) is 1.26. The standard InChI is InChI=1S/C11H9Cl2N3O2S/c1-6-15-16-11(18-6)14-9(17)5-19-10-7(12)3-2-4-8(10)13/h2-4H,5H2,1H3,(H,14,16,17). The second-order valence-corrected chi connectivity index (χ2v) is 5.31. The monoisotopic (exact) mass is 317 g/mol. The molecule has 100 valence electrons. The van der Waals surface area contributed by atoms with Crippen LogP contribution in [0.1, 0.15) is 5.89 Å². The maximum Gasteiger partial charge on any atom is 0.322 e. The quantitative estimate of drug-likeness (QED) is 0.875. The minimum Gasteiger partial charge on any atom is -0.408 e. The molecule has 2 rings (SSSR count). The van der Waals surface area contributed by atoms with Crippen molar-refractivity contribution in [3.8, 4) is 0 Å². The third-order valence-electron chi connectivity index (χ3n) is 2.04. The van der Waals surface area contributed by atoms with Crippen LogP contribution in [0.4, 0.5) is 6.01 Å². The fourth-order valence-corrected chi connectivity index (χ4v) is 2.74. The Balaban J connectivity index is 1.93. The molecule has 19 heavy (non-hydrogen) atoms. The zero-order chi connectivity index (χ0) is 13.8. The summed E-state index contributed by atoms with van der Waals surface area (Å²) in [4.78, 5) is 12.3. The van der Waals surface area contributed by atoms with Gasteiger partial charge in [0.1, 0.15) is 0 Å². The highest BCUT2D eigenvalue weighted by molar-refractivity contribution is 8.00. The third-order valence-corrected chi connectivity index (χ3v) is 4.03. The van der Waals surface area contributed by atoms with Crippen LogP contribution in [0.3, 0.4) is 0 Å². The molecule has 0 fully saturated rings. The van der Waals surface area contributed by atoms with Gasteiger partial charge in [0.05, 0.1) is 15.8 Å². The van der Waals surface area contributed by atoms with E-state index in [9.17, 15) is 4.79 Å². The fraction of sp³-hybridized carbons (Fsp3) is 0.182. The van der Waals surface area contributed by atoms with Crippen molar-refractivity contribution in [3.63, 3.8) is 0 Å². The molecule has 1 N–H and O–H groups in total. The van der Waals surface area contributed by atoms with E-state index in [0.717, 1.165) is 0 Å². The van der Waals surface area contributed by atoms with E-state index in [1.807, 2.05) is 0 Å². The Morgan fingerprint density at radius 1 is 1.37 bits per heavy atom. The van der Waals surface area contributed by atoms with E-state index in [0.29, 0.717) is 20.8 Å². The lowest BCUT2D eigenvalue weighted by atomic mass is 10.4. The van der Waals surface area contributed by atoms with E-state index in [-0.39, 0.29) is 17.7 Å². The first-order valence-electron chi connectivity index (χ1n) is 5.23. The second kappa shape index (κ2) is 6.27. The Hall–Kier alpha value is -1.24. The van der Waals surface area contributed by atoms with Crippen LogP contribution >= 0.6 is 35.0 Å². The number of thioether (sulfide) groups is 1. The highest BCUT2D eigenvalue weighted by Crippen LogP contribution is 2.33. The Morgan fingerprint density at radius 3 is 2.63 bits per heavy atom. The number of carbonyl (C=O) groups excluding carboxylic acids is 1. The van der Waals surface area contributed by atoms with E-state index in [2.05, 4.69) is 15.5 Å². The lowest BCUT2D eigenvalue weighted by Crippen LogP contribution is -2.14. The van der Waals surface area contributed by atoms with Gasteiger partial charge >= 0.3 is 6.01 Å². The summed E-state index contributed by atoms with van der Waals surface area (Å²) in [5.41, 5.74) is 0. The molecule has 1 heterocycles. The van der Waals surface area contributed by atoms with Crippen molar-refractivity contribution in [2.45, 2.75) is 11.8 Å². The topological polar surface area (TPSA) is 68.0 Å². The number of rotatable bonds is 4. The maximum atomic E-state index is 11.7. The Morgan fingerprint density at radius 2 is 2.05 bits per heavy atom. The van der Waals surface area contributed by atoms with Crippen LogP contribution in [0.2, 0.25) is 10.0 Å². The van der Waals surface area contributed by atoms with Crippen LogP contribution in [0.15, 0.2) is 27.5 Å². The molecule has 5 nitrogen and oxygen atoms in total. The zero-order valence-electron chi connectivity index (χ0n) is 9.81. The smallest absolute Gasteiger partial charge is 0.322 e. The highest BCUT2D eigenvalue weighted by Gasteiger charge is 2.11. The molecule has 0 spiro atoms. The van der Waals surface area contributed by atoms with Gasteiger partial charge in [-0.2, -0.15) is 0 Å². The number of benzene rings is 1. The second-order valence-electron chi connectivity index (χ2n) is 3.51. The largest absolute Gasteiger partial charge is 0.408 e. The van der Waals surface area contributed by atoms with Crippen LogP contribution in [-0.2, 0) is 4.79 Å². The van der Waals surface area contributed by atoms with Crippen LogP contribution in [0.25, 0.3) is 0 Å². The first-order valence-corrected chi connectivity index (χ1v) is 6.97. The molecule has 0 aliphatic rings. The van der Waals surface area contributed by atoms with E-state index >= 15 is 0 Å². The van der Waals surface area contributed by atoms with Gasteiger partial charge in [-0.15, -0.1) is 16.9 Å². The zero-order valence-corrected chi connectivity index (χ0v) is 12.1. The molecule has 0 atom stereocenters. The van der Waals surface area contributed by atoms with E-state index in [1.165, 1.54) is 11.8 Å². The average Bonchev–Trinajstić information content (AvgIpc) is 2.74. The van der Waals surface area contributed by atoms with Gasteiger partial charge in [0.15, 0.2) is 0 Å². The van der Waals surface area contributed by atoms with Gasteiger partial charge in [0, 0.05) is 11.8 Å². The summed E-state index contributed by atoms with van der Waals surface area (Å²) in [6.07, 6.45) is 0. The summed E-state index contributed by atoms with van der Waals surface area (Å²) >= 11 is 13.2. The Bertz CT molecular complexity index is 583. The van der Waals surface area contributed by atoms with Gasteiger partial charge in [-0.1, -0.05) is 34.4 Å². The molecule has 0 saturated heterocycles. The number of aromatic nitrogens is 2. The molecule has 0 aliphatic carbocycles. The molecule has 0 bridgehead atoms. The summed E-state index contributed by atoms with van der Waals surface area (Å²) in [5.74, 6) is 0.256. The van der Waals surface area contributed by atoms with Gasteiger partial charge in [0.2, 0.25) is 11.8 Å². The van der Waals surface area contributed by atoms with Gasteiger partial charge in [0.25, 0.3) is 0 Å². The number of hydrogen-bond acceptors (Lipinski definition) is 5. The number of aryl methyl sites for hydroxylation is 1.